The second kappa shape index (κ2) is 4.50. The van der Waals surface area contributed by atoms with Crippen molar-refractivity contribution in [3.05, 3.63) is 28.2 Å². The van der Waals surface area contributed by atoms with Crippen molar-refractivity contribution in [1.29, 1.82) is 0 Å². The summed E-state index contributed by atoms with van der Waals surface area (Å²) >= 11 is 11.8. The fraction of sp³-hybridized carbons (Fsp3) is 0.364. The normalized spacial score (nSPS) is 22.8. The van der Waals surface area contributed by atoms with Gasteiger partial charge in [0.15, 0.2) is 0 Å². The Hall–Kier alpha value is -1.17. The Morgan fingerprint density at radius 3 is 2.78 bits per heavy atom. The number of nitrogens with zero attached hydrogens (tertiary/aromatic N) is 3. The highest BCUT2D eigenvalue weighted by molar-refractivity contribution is 6.35. The van der Waals surface area contributed by atoms with Gasteiger partial charge in [-0.2, -0.15) is 4.98 Å². The van der Waals surface area contributed by atoms with E-state index < -0.39 is 0 Å². The maximum atomic E-state index is 9.24. The Labute approximate surface area is 113 Å². The number of hydrogen-bond acceptors (Lipinski definition) is 5. The second-order valence-electron chi connectivity index (χ2n) is 4.26. The Morgan fingerprint density at radius 1 is 1.33 bits per heavy atom. The minimum Gasteiger partial charge on any atom is -0.393 e. The third-order valence-corrected chi connectivity index (χ3v) is 3.42. The number of aliphatic hydroxyl groups is 1. The molecule has 0 radical (unpaired) electrons. The molecule has 1 N–H and O–H groups in total. The van der Waals surface area contributed by atoms with E-state index in [1.165, 1.54) is 6.20 Å². The van der Waals surface area contributed by atoms with Crippen molar-refractivity contribution in [1.82, 2.24) is 15.1 Å². The molecule has 0 aromatic carbocycles. The highest BCUT2D eigenvalue weighted by Gasteiger charge is 2.33. The van der Waals surface area contributed by atoms with Gasteiger partial charge in [-0.15, -0.1) is 0 Å². The molecule has 5 nitrogen and oxygen atoms in total. The molecule has 0 aliphatic heterocycles. The van der Waals surface area contributed by atoms with Gasteiger partial charge >= 0.3 is 0 Å². The molecule has 94 valence electrons. The average Bonchev–Trinajstić information content (AvgIpc) is 2.73. The molecule has 1 aliphatic rings. The van der Waals surface area contributed by atoms with Gasteiger partial charge in [-0.1, -0.05) is 28.4 Å². The van der Waals surface area contributed by atoms with Crippen LogP contribution >= 0.6 is 23.2 Å². The van der Waals surface area contributed by atoms with Crippen LogP contribution in [0.3, 0.4) is 0 Å². The molecule has 0 saturated heterocycles. The highest BCUT2D eigenvalue weighted by atomic mass is 35.5. The summed E-state index contributed by atoms with van der Waals surface area (Å²) in [5, 5.41) is 13.9. The number of aliphatic hydroxyl groups excluding tert-OH is 1. The maximum Gasteiger partial charge on any atom is 0.230 e. The molecule has 0 atom stereocenters. The second-order valence-corrected chi connectivity index (χ2v) is 5.11. The topological polar surface area (TPSA) is 72.0 Å². The van der Waals surface area contributed by atoms with Gasteiger partial charge in [0.1, 0.15) is 5.69 Å². The highest BCUT2D eigenvalue weighted by Crippen LogP contribution is 2.36. The van der Waals surface area contributed by atoms with Crippen molar-refractivity contribution in [2.24, 2.45) is 0 Å². The first kappa shape index (κ1) is 11.9. The van der Waals surface area contributed by atoms with Crippen molar-refractivity contribution in [2.45, 2.75) is 24.9 Å². The molecule has 2 aromatic heterocycles. The number of aromatic nitrogens is 3. The van der Waals surface area contributed by atoms with Crippen LogP contribution in [0, 0.1) is 0 Å². The summed E-state index contributed by atoms with van der Waals surface area (Å²) < 4.78 is 5.15. The van der Waals surface area contributed by atoms with Crippen LogP contribution in [0.2, 0.25) is 10.0 Å². The molecule has 18 heavy (non-hydrogen) atoms. The molecule has 0 amide bonds. The summed E-state index contributed by atoms with van der Waals surface area (Å²) in [5.41, 5.74) is 0.441. The van der Waals surface area contributed by atoms with Gasteiger partial charge < -0.3 is 9.63 Å². The molecule has 0 spiro atoms. The van der Waals surface area contributed by atoms with Gasteiger partial charge in [0.2, 0.25) is 11.7 Å². The Morgan fingerprint density at radius 2 is 2.11 bits per heavy atom. The first-order chi connectivity index (χ1) is 8.63. The van der Waals surface area contributed by atoms with Gasteiger partial charge in [0, 0.05) is 12.1 Å². The van der Waals surface area contributed by atoms with Crippen LogP contribution in [0.25, 0.3) is 11.5 Å². The summed E-state index contributed by atoms with van der Waals surface area (Å²) in [5.74, 6) is 0.989. The lowest BCUT2D eigenvalue weighted by Gasteiger charge is -2.27. The third kappa shape index (κ3) is 2.09. The zero-order chi connectivity index (χ0) is 12.7. The van der Waals surface area contributed by atoms with Crippen LogP contribution in [0.4, 0.5) is 0 Å². The van der Waals surface area contributed by atoms with Gasteiger partial charge in [-0.3, -0.25) is 0 Å². The molecular weight excluding hydrogens is 277 g/mol. The Balaban J connectivity index is 1.88. The molecule has 7 heteroatoms. The molecule has 2 aromatic rings. The SMILES string of the molecule is OC1CC(c2nc(-c3ncc(Cl)cc3Cl)no2)C1. The van der Waals surface area contributed by atoms with Crippen LogP contribution in [0.5, 0.6) is 0 Å². The van der Waals surface area contributed by atoms with Crippen LogP contribution < -0.4 is 0 Å². The lowest BCUT2D eigenvalue weighted by atomic mass is 9.82. The quantitative estimate of drug-likeness (QED) is 0.918. The van der Waals surface area contributed by atoms with Crippen molar-refractivity contribution in [2.75, 3.05) is 0 Å². The van der Waals surface area contributed by atoms with E-state index >= 15 is 0 Å². The Bertz CT molecular complexity index is 581. The summed E-state index contributed by atoms with van der Waals surface area (Å²) in [6.45, 7) is 0. The van der Waals surface area contributed by atoms with Crippen molar-refractivity contribution in [3.63, 3.8) is 0 Å². The van der Waals surface area contributed by atoms with Crippen molar-refractivity contribution in [3.8, 4) is 11.5 Å². The average molecular weight is 286 g/mol. The molecule has 1 aliphatic carbocycles. The smallest absolute Gasteiger partial charge is 0.230 e. The van der Waals surface area contributed by atoms with E-state index in [4.69, 9.17) is 27.7 Å². The fourth-order valence-electron chi connectivity index (χ4n) is 1.87. The summed E-state index contributed by atoms with van der Waals surface area (Å²) in [6, 6.07) is 1.58. The minimum absolute atomic E-state index is 0.132. The Kier molecular flexibility index (Phi) is 2.97. The van der Waals surface area contributed by atoms with E-state index in [0.717, 1.165) is 0 Å². The van der Waals surface area contributed by atoms with Crippen molar-refractivity contribution >= 4 is 23.2 Å². The van der Waals surface area contributed by atoms with E-state index in [9.17, 15) is 5.11 Å². The lowest BCUT2D eigenvalue weighted by molar-refractivity contribution is 0.0625. The predicted molar refractivity (Wildman–Crippen MR) is 65.5 cm³/mol. The van der Waals surface area contributed by atoms with Crippen LogP contribution in [-0.4, -0.2) is 26.3 Å². The summed E-state index contributed by atoms with van der Waals surface area (Å²) in [7, 11) is 0. The maximum absolute atomic E-state index is 9.24. The van der Waals surface area contributed by atoms with E-state index in [1.807, 2.05) is 0 Å². The fourth-order valence-corrected chi connectivity index (χ4v) is 2.33. The zero-order valence-electron chi connectivity index (χ0n) is 9.18. The molecule has 1 saturated carbocycles. The van der Waals surface area contributed by atoms with E-state index in [2.05, 4.69) is 15.1 Å². The lowest BCUT2D eigenvalue weighted by Crippen LogP contribution is -2.26. The van der Waals surface area contributed by atoms with Crippen LogP contribution in [0.1, 0.15) is 24.7 Å². The van der Waals surface area contributed by atoms with Gasteiger partial charge in [-0.25, -0.2) is 4.98 Å². The van der Waals surface area contributed by atoms with Crippen molar-refractivity contribution < 1.29 is 9.63 Å². The molecule has 2 heterocycles. The van der Waals surface area contributed by atoms with Crippen LogP contribution in [-0.2, 0) is 0 Å². The van der Waals surface area contributed by atoms with Gasteiger partial charge in [0.05, 0.1) is 16.1 Å². The van der Waals surface area contributed by atoms with Gasteiger partial charge in [0.25, 0.3) is 0 Å². The summed E-state index contributed by atoms with van der Waals surface area (Å²) in [4.78, 5) is 8.33. The monoisotopic (exact) mass is 285 g/mol. The van der Waals surface area contributed by atoms with E-state index in [1.54, 1.807) is 6.07 Å². The molecular formula is C11H9Cl2N3O2. The number of rotatable bonds is 2. The first-order valence-electron chi connectivity index (χ1n) is 5.46. The third-order valence-electron chi connectivity index (χ3n) is 2.92. The van der Waals surface area contributed by atoms with E-state index in [-0.39, 0.29) is 12.0 Å². The summed E-state index contributed by atoms with van der Waals surface area (Å²) in [6.07, 6.45) is 2.53. The largest absolute Gasteiger partial charge is 0.393 e. The van der Waals surface area contributed by atoms with Gasteiger partial charge in [-0.05, 0) is 18.9 Å². The molecule has 0 unspecified atom stereocenters. The standard InChI is InChI=1S/C11H9Cl2N3O2/c12-6-3-8(13)9(14-4-6)10-15-11(18-16-10)5-1-7(17)2-5/h3-5,7,17H,1-2H2. The number of halogens is 2. The number of pyridine rings is 1. The molecule has 1 fully saturated rings. The molecule has 0 bridgehead atoms. The first-order valence-corrected chi connectivity index (χ1v) is 6.22. The molecule has 3 rings (SSSR count). The van der Waals surface area contributed by atoms with E-state index in [0.29, 0.717) is 40.3 Å². The zero-order valence-corrected chi connectivity index (χ0v) is 10.7. The predicted octanol–water partition coefficient (Wildman–Crippen LogP) is 2.68. The number of hydrogen-bond donors (Lipinski definition) is 1. The van der Waals surface area contributed by atoms with Crippen LogP contribution in [0.15, 0.2) is 16.8 Å². The minimum atomic E-state index is -0.261.